The summed E-state index contributed by atoms with van der Waals surface area (Å²) >= 11 is 14.3. The third-order valence-electron chi connectivity index (χ3n) is 4.29. The molecule has 0 amide bonds. The molecule has 0 aliphatic carbocycles. The first-order valence-electron chi connectivity index (χ1n) is 8.99. The lowest BCUT2D eigenvalue weighted by Gasteiger charge is -2.18. The van der Waals surface area contributed by atoms with Gasteiger partial charge in [-0.15, -0.1) is 0 Å². The molecule has 4 nitrogen and oxygen atoms in total. The van der Waals surface area contributed by atoms with E-state index in [1.54, 1.807) is 0 Å². The minimum Gasteiger partial charge on any atom is -0.331 e. The van der Waals surface area contributed by atoms with Crippen molar-refractivity contribution in [2.24, 2.45) is 0 Å². The molecule has 0 aliphatic rings. The predicted octanol–water partition coefficient (Wildman–Crippen LogP) is 5.92. The summed E-state index contributed by atoms with van der Waals surface area (Å²) in [6, 6.07) is 22.3. The average Bonchev–Trinajstić information content (AvgIpc) is 2.70. The number of halogens is 1. The van der Waals surface area contributed by atoms with Crippen LogP contribution in [0.15, 0.2) is 71.2 Å². The van der Waals surface area contributed by atoms with Crippen LogP contribution >= 0.6 is 40.4 Å². The molecule has 0 fully saturated rings. The number of anilines is 2. The van der Waals surface area contributed by atoms with Crippen LogP contribution in [0.5, 0.6) is 0 Å². The van der Waals surface area contributed by atoms with Crippen molar-refractivity contribution >= 4 is 62.0 Å². The molecule has 0 heterocycles. The van der Waals surface area contributed by atoms with Gasteiger partial charge in [-0.25, -0.2) is 0 Å². The van der Waals surface area contributed by atoms with Crippen molar-refractivity contribution in [2.45, 2.75) is 13.8 Å². The van der Waals surface area contributed by atoms with Crippen molar-refractivity contribution in [1.29, 1.82) is 0 Å². The van der Waals surface area contributed by atoms with Gasteiger partial charge in [0, 0.05) is 21.4 Å². The minimum absolute atomic E-state index is 0.418. The maximum atomic E-state index is 5.42. The number of aryl methyl sites for hydroxylation is 2. The molecule has 0 unspecified atom stereocenters. The van der Waals surface area contributed by atoms with Crippen molar-refractivity contribution < 1.29 is 0 Å². The van der Waals surface area contributed by atoms with Gasteiger partial charge in [0.15, 0.2) is 10.2 Å². The maximum Gasteiger partial charge on any atom is 0.189 e. The summed E-state index contributed by atoms with van der Waals surface area (Å²) in [7, 11) is 0. The molecule has 29 heavy (non-hydrogen) atoms. The topological polar surface area (TPSA) is 48.1 Å². The Bertz CT molecular complexity index is 1010. The van der Waals surface area contributed by atoms with Crippen molar-refractivity contribution in [3.05, 3.63) is 82.3 Å². The lowest BCUT2D eigenvalue weighted by atomic mass is 10.0. The SMILES string of the molecule is Cc1cc(Br)cc(C)c1NC(=S)NNC(=S)Nc1ccccc1-c1ccccc1. The fraction of sp³-hybridized carbons (Fsp3) is 0.0909. The van der Waals surface area contributed by atoms with E-state index in [0.29, 0.717) is 10.2 Å². The van der Waals surface area contributed by atoms with Gasteiger partial charge in [-0.2, -0.15) is 0 Å². The third kappa shape index (κ3) is 5.76. The van der Waals surface area contributed by atoms with Crippen LogP contribution in [0.3, 0.4) is 0 Å². The normalized spacial score (nSPS) is 10.2. The lowest BCUT2D eigenvalue weighted by Crippen LogP contribution is -2.45. The number of benzene rings is 3. The molecule has 148 valence electrons. The number of hydrogen-bond donors (Lipinski definition) is 4. The van der Waals surface area contributed by atoms with Gasteiger partial charge in [0.05, 0.1) is 0 Å². The largest absolute Gasteiger partial charge is 0.331 e. The molecule has 3 aromatic rings. The van der Waals surface area contributed by atoms with Gasteiger partial charge in [0.25, 0.3) is 0 Å². The molecule has 0 saturated carbocycles. The van der Waals surface area contributed by atoms with Crippen LogP contribution < -0.4 is 21.5 Å². The van der Waals surface area contributed by atoms with Crippen LogP contribution in [0.1, 0.15) is 11.1 Å². The van der Waals surface area contributed by atoms with E-state index in [9.17, 15) is 0 Å². The van der Waals surface area contributed by atoms with Gasteiger partial charge in [0.1, 0.15) is 0 Å². The van der Waals surface area contributed by atoms with Crippen LogP contribution in [0, 0.1) is 13.8 Å². The zero-order chi connectivity index (χ0) is 20.8. The Hall–Kier alpha value is -2.48. The zero-order valence-electron chi connectivity index (χ0n) is 16.0. The van der Waals surface area contributed by atoms with E-state index in [0.717, 1.165) is 38.1 Å². The Kier molecular flexibility index (Phi) is 7.19. The third-order valence-corrected chi connectivity index (χ3v) is 5.15. The molecule has 0 bridgehead atoms. The number of nitrogens with one attached hydrogen (secondary N) is 4. The molecule has 0 aromatic heterocycles. The second-order valence-electron chi connectivity index (χ2n) is 6.48. The number of hydrazine groups is 1. The molecule has 0 spiro atoms. The summed E-state index contributed by atoms with van der Waals surface area (Å²) in [6.07, 6.45) is 0. The Labute approximate surface area is 190 Å². The van der Waals surface area contributed by atoms with E-state index in [1.807, 2.05) is 62.4 Å². The van der Waals surface area contributed by atoms with Crippen LogP contribution in [0.4, 0.5) is 11.4 Å². The molecule has 3 aromatic carbocycles. The number of thiocarbonyl (C=S) groups is 2. The van der Waals surface area contributed by atoms with E-state index in [2.05, 4.69) is 55.6 Å². The Morgan fingerprint density at radius 1 is 0.759 bits per heavy atom. The highest BCUT2D eigenvalue weighted by Gasteiger charge is 2.08. The van der Waals surface area contributed by atoms with Crippen LogP contribution in [0.25, 0.3) is 11.1 Å². The van der Waals surface area contributed by atoms with E-state index in [-0.39, 0.29) is 0 Å². The first-order chi connectivity index (χ1) is 13.9. The second-order valence-corrected chi connectivity index (χ2v) is 8.22. The van der Waals surface area contributed by atoms with Crippen LogP contribution in [-0.2, 0) is 0 Å². The van der Waals surface area contributed by atoms with Gasteiger partial charge in [-0.1, -0.05) is 64.5 Å². The van der Waals surface area contributed by atoms with E-state index < -0.39 is 0 Å². The predicted molar refractivity (Wildman–Crippen MR) is 134 cm³/mol. The Morgan fingerprint density at radius 3 is 1.97 bits per heavy atom. The summed E-state index contributed by atoms with van der Waals surface area (Å²) in [4.78, 5) is 0. The molecular weight excluding hydrogens is 464 g/mol. The lowest BCUT2D eigenvalue weighted by molar-refractivity contribution is 0.885. The van der Waals surface area contributed by atoms with Crippen molar-refractivity contribution in [3.63, 3.8) is 0 Å². The summed E-state index contributed by atoms with van der Waals surface area (Å²) < 4.78 is 1.04. The molecule has 0 radical (unpaired) electrons. The van der Waals surface area contributed by atoms with Gasteiger partial charge in [-0.05, 0) is 73.2 Å². The number of rotatable bonds is 3. The quantitative estimate of drug-likeness (QED) is 0.273. The average molecular weight is 485 g/mol. The van der Waals surface area contributed by atoms with Gasteiger partial charge in [0.2, 0.25) is 0 Å². The molecule has 3 rings (SSSR count). The maximum absolute atomic E-state index is 5.42. The highest BCUT2D eigenvalue weighted by Crippen LogP contribution is 2.27. The minimum atomic E-state index is 0.418. The summed E-state index contributed by atoms with van der Waals surface area (Å²) in [5, 5.41) is 7.28. The molecule has 4 N–H and O–H groups in total. The van der Waals surface area contributed by atoms with Crippen LogP contribution in [-0.4, -0.2) is 10.2 Å². The summed E-state index contributed by atoms with van der Waals surface area (Å²) in [5.74, 6) is 0. The first kappa shape index (κ1) is 21.2. The first-order valence-corrected chi connectivity index (χ1v) is 10.6. The number of hydrogen-bond acceptors (Lipinski definition) is 2. The Morgan fingerprint density at radius 2 is 1.31 bits per heavy atom. The number of para-hydroxylation sites is 1. The Balaban J connectivity index is 1.61. The molecule has 0 aliphatic heterocycles. The summed E-state index contributed by atoms with van der Waals surface area (Å²) in [5.41, 5.74) is 12.1. The van der Waals surface area contributed by atoms with Crippen molar-refractivity contribution in [3.8, 4) is 11.1 Å². The van der Waals surface area contributed by atoms with Crippen molar-refractivity contribution in [1.82, 2.24) is 10.9 Å². The monoisotopic (exact) mass is 484 g/mol. The fourth-order valence-electron chi connectivity index (χ4n) is 2.98. The van der Waals surface area contributed by atoms with Gasteiger partial charge in [-0.3, -0.25) is 10.9 Å². The zero-order valence-corrected chi connectivity index (χ0v) is 19.3. The van der Waals surface area contributed by atoms with Gasteiger partial charge >= 0.3 is 0 Å². The molecule has 0 saturated heterocycles. The van der Waals surface area contributed by atoms with Crippen LogP contribution in [0.2, 0.25) is 0 Å². The van der Waals surface area contributed by atoms with E-state index >= 15 is 0 Å². The molecular formula is C22H21BrN4S2. The van der Waals surface area contributed by atoms with Crippen molar-refractivity contribution in [2.75, 3.05) is 10.6 Å². The molecule has 7 heteroatoms. The van der Waals surface area contributed by atoms with Gasteiger partial charge < -0.3 is 10.6 Å². The second kappa shape index (κ2) is 9.82. The summed E-state index contributed by atoms with van der Waals surface area (Å²) in [6.45, 7) is 4.06. The molecule has 0 atom stereocenters. The van der Waals surface area contributed by atoms with E-state index in [1.165, 1.54) is 0 Å². The highest BCUT2D eigenvalue weighted by molar-refractivity contribution is 9.10. The highest BCUT2D eigenvalue weighted by atomic mass is 79.9. The van der Waals surface area contributed by atoms with E-state index in [4.69, 9.17) is 24.4 Å². The standard InChI is InChI=1S/C22H21BrN4S2/c1-14-12-17(23)13-15(2)20(14)25-22(29)27-26-21(28)24-19-11-7-6-10-18(19)16-8-4-3-5-9-16/h3-13H,1-2H3,(H2,24,26,28)(H2,25,27,29). The smallest absolute Gasteiger partial charge is 0.189 e. The fourth-order valence-corrected chi connectivity index (χ4v) is 3.98.